The van der Waals surface area contributed by atoms with Crippen LogP contribution >= 0.6 is 39.9 Å². The van der Waals surface area contributed by atoms with Crippen molar-refractivity contribution in [1.82, 2.24) is 0 Å². The molecule has 1 aromatic rings. The van der Waals surface area contributed by atoms with Crippen molar-refractivity contribution in [2.24, 2.45) is 5.73 Å². The van der Waals surface area contributed by atoms with E-state index in [0.29, 0.717) is 11.6 Å². The highest BCUT2D eigenvalue weighted by molar-refractivity contribution is 9.10. The predicted molar refractivity (Wildman–Crippen MR) is 63.4 cm³/mol. The molecule has 0 radical (unpaired) electrons. The Balaban J connectivity index is 0.000000980. The number of hydrogen-bond donors (Lipinski definition) is 1. The first kappa shape index (κ1) is 12.1. The first-order chi connectivity index (χ1) is 6.20. The van der Waals surface area contributed by atoms with E-state index in [4.69, 9.17) is 22.1 Å². The topological polar surface area (TPSA) is 35.2 Å². The maximum Gasteiger partial charge on any atom is 0.139 e. The van der Waals surface area contributed by atoms with E-state index in [1.165, 1.54) is 0 Å². The van der Waals surface area contributed by atoms with Gasteiger partial charge in [0, 0.05) is 18.0 Å². The number of benzene rings is 1. The van der Waals surface area contributed by atoms with E-state index in [1.807, 2.05) is 12.1 Å². The van der Waals surface area contributed by atoms with Gasteiger partial charge in [-0.15, -0.1) is 12.4 Å². The molecule has 0 bridgehead atoms. The van der Waals surface area contributed by atoms with Gasteiger partial charge in [0.15, 0.2) is 0 Å². The lowest BCUT2D eigenvalue weighted by Crippen LogP contribution is -2.20. The summed E-state index contributed by atoms with van der Waals surface area (Å²) in [5.74, 6) is 0.797. The number of hydrogen-bond acceptors (Lipinski definition) is 2. The molecule has 2 N–H and O–H groups in total. The molecule has 0 unspecified atom stereocenters. The Hall–Kier alpha value is 0.0400. The summed E-state index contributed by atoms with van der Waals surface area (Å²) in [6, 6.07) is 3.82. The number of ether oxygens (including phenoxy) is 1. The van der Waals surface area contributed by atoms with Crippen molar-refractivity contribution in [3.05, 3.63) is 27.2 Å². The summed E-state index contributed by atoms with van der Waals surface area (Å²) >= 11 is 9.31. The Morgan fingerprint density at radius 1 is 1.50 bits per heavy atom. The van der Waals surface area contributed by atoms with Crippen LogP contribution in [0.15, 0.2) is 16.6 Å². The van der Waals surface area contributed by atoms with E-state index >= 15 is 0 Å². The van der Waals surface area contributed by atoms with Gasteiger partial charge >= 0.3 is 0 Å². The van der Waals surface area contributed by atoms with Crippen molar-refractivity contribution < 1.29 is 4.74 Å². The summed E-state index contributed by atoms with van der Waals surface area (Å²) in [6.45, 7) is 0.660. The van der Waals surface area contributed by atoms with E-state index in [1.54, 1.807) is 0 Å². The van der Waals surface area contributed by atoms with E-state index in [-0.39, 0.29) is 18.4 Å². The van der Waals surface area contributed by atoms with Crippen LogP contribution in [-0.4, -0.2) is 6.61 Å². The van der Waals surface area contributed by atoms with Crippen LogP contribution in [0.4, 0.5) is 0 Å². The molecule has 0 amide bonds. The Labute approximate surface area is 102 Å². The molecule has 5 heteroatoms. The van der Waals surface area contributed by atoms with Gasteiger partial charge in [-0.05, 0) is 22.0 Å². The minimum absolute atomic E-state index is 0. The average molecular weight is 299 g/mol. The van der Waals surface area contributed by atoms with Gasteiger partial charge in [0.1, 0.15) is 5.75 Å². The summed E-state index contributed by atoms with van der Waals surface area (Å²) in [4.78, 5) is 0. The molecule has 1 heterocycles. The van der Waals surface area contributed by atoms with Crippen LogP contribution in [-0.2, 0) is 0 Å². The Bertz CT molecular complexity index is 346. The van der Waals surface area contributed by atoms with Crippen molar-refractivity contribution in [3.63, 3.8) is 0 Å². The van der Waals surface area contributed by atoms with Crippen LogP contribution in [0.5, 0.6) is 5.75 Å². The number of rotatable bonds is 0. The fourth-order valence-corrected chi connectivity index (χ4v) is 2.05. The minimum atomic E-state index is 0. The lowest BCUT2D eigenvalue weighted by atomic mass is 10.0. The third-order valence-corrected chi connectivity index (χ3v) is 3.49. The smallest absolute Gasteiger partial charge is 0.139 e. The molecular weight excluding hydrogens is 289 g/mol. The van der Waals surface area contributed by atoms with Gasteiger partial charge in [0.05, 0.1) is 16.1 Å². The highest BCUT2D eigenvalue weighted by atomic mass is 79.9. The highest BCUT2D eigenvalue weighted by Crippen LogP contribution is 2.40. The number of nitrogens with two attached hydrogens (primary N) is 1. The van der Waals surface area contributed by atoms with Crippen LogP contribution in [0.2, 0.25) is 5.02 Å². The molecule has 1 aliphatic rings. The first-order valence-electron chi connectivity index (χ1n) is 4.06. The van der Waals surface area contributed by atoms with Crippen molar-refractivity contribution >= 4 is 39.9 Å². The summed E-state index contributed by atoms with van der Waals surface area (Å²) in [5.41, 5.74) is 6.95. The monoisotopic (exact) mass is 297 g/mol. The summed E-state index contributed by atoms with van der Waals surface area (Å²) < 4.78 is 6.30. The Morgan fingerprint density at radius 3 is 2.93 bits per heavy atom. The fraction of sp³-hybridized carbons (Fsp3) is 0.333. The van der Waals surface area contributed by atoms with Gasteiger partial charge in [-0.3, -0.25) is 0 Å². The van der Waals surface area contributed by atoms with Gasteiger partial charge < -0.3 is 10.5 Å². The lowest BCUT2D eigenvalue weighted by molar-refractivity contribution is 0.267. The molecule has 2 rings (SSSR count). The molecule has 1 atom stereocenters. The summed E-state index contributed by atoms with van der Waals surface area (Å²) in [7, 11) is 0. The third-order valence-electron chi connectivity index (χ3n) is 2.16. The molecule has 0 saturated heterocycles. The van der Waals surface area contributed by atoms with Gasteiger partial charge in [0.25, 0.3) is 0 Å². The van der Waals surface area contributed by atoms with Gasteiger partial charge in [-0.2, -0.15) is 0 Å². The normalized spacial score (nSPS) is 19.2. The molecule has 1 aliphatic heterocycles. The zero-order valence-electron chi connectivity index (χ0n) is 7.30. The molecule has 0 aromatic heterocycles. The zero-order chi connectivity index (χ0) is 9.42. The molecule has 0 spiro atoms. The predicted octanol–water partition coefficient (Wildman–Crippen LogP) is 3.31. The van der Waals surface area contributed by atoms with Crippen LogP contribution < -0.4 is 10.5 Å². The van der Waals surface area contributed by atoms with Crippen LogP contribution in [0, 0.1) is 0 Å². The molecular formula is C9H10BrCl2NO. The van der Waals surface area contributed by atoms with Gasteiger partial charge in [-0.25, -0.2) is 0 Å². The third kappa shape index (κ3) is 2.01. The van der Waals surface area contributed by atoms with E-state index in [9.17, 15) is 0 Å². The van der Waals surface area contributed by atoms with Crippen molar-refractivity contribution in [2.75, 3.05) is 6.61 Å². The van der Waals surface area contributed by atoms with Crippen LogP contribution in [0.3, 0.4) is 0 Å². The van der Waals surface area contributed by atoms with Gasteiger partial charge in [-0.1, -0.05) is 17.7 Å². The molecule has 0 saturated carbocycles. The van der Waals surface area contributed by atoms with Crippen molar-refractivity contribution in [3.8, 4) is 5.75 Å². The maximum absolute atomic E-state index is 5.93. The number of halogens is 3. The molecule has 2 nitrogen and oxygen atoms in total. The quantitative estimate of drug-likeness (QED) is 0.797. The van der Waals surface area contributed by atoms with Crippen molar-refractivity contribution in [1.29, 1.82) is 0 Å². The van der Waals surface area contributed by atoms with E-state index in [0.717, 1.165) is 22.2 Å². The summed E-state index contributed by atoms with van der Waals surface area (Å²) in [6.07, 6.45) is 0.862. The minimum Gasteiger partial charge on any atom is -0.492 e. The Kier molecular flexibility index (Phi) is 4.07. The van der Waals surface area contributed by atoms with Crippen LogP contribution in [0.25, 0.3) is 0 Å². The largest absolute Gasteiger partial charge is 0.492 e. The van der Waals surface area contributed by atoms with E-state index in [2.05, 4.69) is 15.9 Å². The average Bonchev–Trinajstić information content (AvgIpc) is 2.12. The van der Waals surface area contributed by atoms with E-state index < -0.39 is 0 Å². The first-order valence-corrected chi connectivity index (χ1v) is 5.23. The second-order valence-electron chi connectivity index (χ2n) is 3.02. The van der Waals surface area contributed by atoms with Gasteiger partial charge in [0.2, 0.25) is 0 Å². The second kappa shape index (κ2) is 4.71. The van der Waals surface area contributed by atoms with Crippen LogP contribution in [0.1, 0.15) is 18.0 Å². The molecule has 14 heavy (non-hydrogen) atoms. The maximum atomic E-state index is 5.93. The SMILES string of the molecule is Cl.N[C@H]1CCOc2c1ccc(Cl)c2Br. The summed E-state index contributed by atoms with van der Waals surface area (Å²) in [5, 5.41) is 0.660. The second-order valence-corrected chi connectivity index (χ2v) is 4.22. The zero-order valence-corrected chi connectivity index (χ0v) is 10.5. The lowest BCUT2D eigenvalue weighted by Gasteiger charge is -2.24. The Morgan fingerprint density at radius 2 is 2.21 bits per heavy atom. The highest BCUT2D eigenvalue weighted by Gasteiger charge is 2.21. The standard InChI is InChI=1S/C9H9BrClNO.ClH/c10-8-6(11)2-1-5-7(12)3-4-13-9(5)8;/h1-2,7H,3-4,12H2;1H/t7-;/m0./s1. The fourth-order valence-electron chi connectivity index (χ4n) is 1.43. The molecule has 78 valence electrons. The molecule has 0 aliphatic carbocycles. The molecule has 0 fully saturated rings. The van der Waals surface area contributed by atoms with Crippen molar-refractivity contribution in [2.45, 2.75) is 12.5 Å². The number of fused-ring (bicyclic) bond motifs is 1. The molecule has 1 aromatic carbocycles.